The number of nitrogen functional groups attached to an aromatic ring is 1. The van der Waals surface area contributed by atoms with Crippen LogP contribution in [0.3, 0.4) is 0 Å². The second kappa shape index (κ2) is 6.17. The van der Waals surface area contributed by atoms with Crippen LogP contribution >= 0.6 is 11.6 Å². The minimum atomic E-state index is -0.248. The summed E-state index contributed by atoms with van der Waals surface area (Å²) in [5, 5.41) is 3.41. The highest BCUT2D eigenvalue weighted by molar-refractivity contribution is 6.30. The van der Waals surface area contributed by atoms with Gasteiger partial charge in [0.05, 0.1) is 23.7 Å². The summed E-state index contributed by atoms with van der Waals surface area (Å²) in [6.45, 7) is 2.59. The van der Waals surface area contributed by atoms with Crippen LogP contribution in [-0.2, 0) is 9.53 Å². The Hall–Kier alpha value is -1.49. The number of rotatable bonds is 5. The van der Waals surface area contributed by atoms with Gasteiger partial charge in [0.2, 0.25) is 0 Å². The van der Waals surface area contributed by atoms with E-state index < -0.39 is 0 Å². The van der Waals surface area contributed by atoms with Crippen molar-refractivity contribution in [3.8, 4) is 0 Å². The molecule has 1 rings (SSSR count). The lowest BCUT2D eigenvalue weighted by Crippen LogP contribution is -2.12. The van der Waals surface area contributed by atoms with Crippen molar-refractivity contribution in [1.82, 2.24) is 4.98 Å². The van der Waals surface area contributed by atoms with Gasteiger partial charge in [-0.1, -0.05) is 11.6 Å². The number of aromatic nitrogens is 1. The summed E-state index contributed by atoms with van der Waals surface area (Å²) in [4.78, 5) is 15.0. The van der Waals surface area contributed by atoms with Gasteiger partial charge in [0, 0.05) is 12.7 Å². The van der Waals surface area contributed by atoms with Crippen LogP contribution in [0.25, 0.3) is 0 Å². The lowest BCUT2D eigenvalue weighted by atomic mass is 10.3. The van der Waals surface area contributed by atoms with E-state index in [0.29, 0.717) is 29.7 Å². The summed E-state index contributed by atoms with van der Waals surface area (Å²) in [6, 6.07) is 1.60. The fraction of sp³-hybridized carbons (Fsp3) is 0.400. The zero-order valence-corrected chi connectivity index (χ0v) is 9.75. The molecule has 0 aliphatic carbocycles. The van der Waals surface area contributed by atoms with Crippen LogP contribution < -0.4 is 11.1 Å². The number of nitrogens with two attached hydrogens (primary N) is 1. The average Bonchev–Trinajstić information content (AvgIpc) is 2.22. The second-order valence-electron chi connectivity index (χ2n) is 3.07. The van der Waals surface area contributed by atoms with Gasteiger partial charge in [-0.05, 0) is 13.0 Å². The van der Waals surface area contributed by atoms with Gasteiger partial charge in [0.1, 0.15) is 5.82 Å². The third kappa shape index (κ3) is 3.94. The molecule has 0 atom stereocenters. The molecule has 0 amide bonds. The van der Waals surface area contributed by atoms with Crippen molar-refractivity contribution in [2.24, 2.45) is 0 Å². The molecule has 1 heterocycles. The molecule has 16 heavy (non-hydrogen) atoms. The van der Waals surface area contributed by atoms with E-state index >= 15 is 0 Å². The number of hydrogen-bond acceptors (Lipinski definition) is 5. The number of nitrogens with one attached hydrogen (secondary N) is 1. The summed E-state index contributed by atoms with van der Waals surface area (Å²) < 4.78 is 4.78. The molecule has 1 aromatic heterocycles. The number of esters is 1. The highest BCUT2D eigenvalue weighted by atomic mass is 35.5. The molecule has 3 N–H and O–H groups in total. The van der Waals surface area contributed by atoms with Gasteiger partial charge in [-0.3, -0.25) is 4.79 Å². The number of anilines is 2. The maximum Gasteiger partial charge on any atom is 0.307 e. The van der Waals surface area contributed by atoms with E-state index in [0.717, 1.165) is 0 Å². The van der Waals surface area contributed by atoms with E-state index in [1.807, 2.05) is 0 Å². The van der Waals surface area contributed by atoms with Crippen molar-refractivity contribution >= 4 is 29.1 Å². The fourth-order valence-corrected chi connectivity index (χ4v) is 1.29. The Morgan fingerprint density at radius 1 is 1.69 bits per heavy atom. The van der Waals surface area contributed by atoms with Crippen LogP contribution in [0.2, 0.25) is 5.02 Å². The number of nitrogens with zero attached hydrogens (tertiary/aromatic N) is 1. The molecule has 5 nitrogen and oxygen atoms in total. The van der Waals surface area contributed by atoms with Gasteiger partial charge in [0.15, 0.2) is 0 Å². The quantitative estimate of drug-likeness (QED) is 0.770. The highest BCUT2D eigenvalue weighted by Crippen LogP contribution is 2.18. The van der Waals surface area contributed by atoms with Crippen LogP contribution in [0.4, 0.5) is 11.5 Å². The van der Waals surface area contributed by atoms with E-state index in [1.54, 1.807) is 13.0 Å². The summed E-state index contributed by atoms with van der Waals surface area (Å²) in [6.07, 6.45) is 1.77. The number of carbonyl (C=O) groups excluding carboxylic acids is 1. The molecule has 0 spiro atoms. The molecule has 1 aromatic rings. The largest absolute Gasteiger partial charge is 0.466 e. The zero-order valence-electron chi connectivity index (χ0n) is 9.00. The van der Waals surface area contributed by atoms with Gasteiger partial charge >= 0.3 is 5.97 Å². The summed E-state index contributed by atoms with van der Waals surface area (Å²) >= 11 is 5.70. The Labute approximate surface area is 98.9 Å². The van der Waals surface area contributed by atoms with Crippen molar-refractivity contribution < 1.29 is 9.53 Å². The molecule has 88 valence electrons. The predicted molar refractivity (Wildman–Crippen MR) is 63.4 cm³/mol. The highest BCUT2D eigenvalue weighted by Gasteiger charge is 2.04. The van der Waals surface area contributed by atoms with E-state index in [1.165, 1.54) is 6.20 Å². The van der Waals surface area contributed by atoms with E-state index in [4.69, 9.17) is 22.1 Å². The fourth-order valence-electron chi connectivity index (χ4n) is 1.12. The molecule has 0 saturated carbocycles. The number of pyridine rings is 1. The third-order valence-electron chi connectivity index (χ3n) is 1.81. The minimum Gasteiger partial charge on any atom is -0.466 e. The van der Waals surface area contributed by atoms with Crippen LogP contribution in [0, 0.1) is 0 Å². The first-order valence-corrected chi connectivity index (χ1v) is 5.31. The second-order valence-corrected chi connectivity index (χ2v) is 3.51. The van der Waals surface area contributed by atoms with Gasteiger partial charge < -0.3 is 15.8 Å². The molecule has 0 fully saturated rings. The first-order chi connectivity index (χ1) is 7.63. The number of hydrogen-bond donors (Lipinski definition) is 2. The van der Waals surface area contributed by atoms with Crippen LogP contribution in [0.5, 0.6) is 0 Å². The van der Waals surface area contributed by atoms with Crippen LogP contribution in [-0.4, -0.2) is 24.1 Å². The Balaban J connectivity index is 2.40. The maximum absolute atomic E-state index is 11.0. The first kappa shape index (κ1) is 12.6. The van der Waals surface area contributed by atoms with E-state index in [9.17, 15) is 4.79 Å². The maximum atomic E-state index is 11.0. The van der Waals surface area contributed by atoms with Crippen LogP contribution in [0.15, 0.2) is 12.3 Å². The smallest absolute Gasteiger partial charge is 0.307 e. The normalized spacial score (nSPS) is 9.88. The van der Waals surface area contributed by atoms with Gasteiger partial charge in [0.25, 0.3) is 0 Å². The van der Waals surface area contributed by atoms with E-state index in [2.05, 4.69) is 10.3 Å². The monoisotopic (exact) mass is 243 g/mol. The molecule has 0 aliphatic heterocycles. The molecule has 0 unspecified atom stereocenters. The lowest BCUT2D eigenvalue weighted by molar-refractivity contribution is -0.142. The van der Waals surface area contributed by atoms with Gasteiger partial charge in [-0.15, -0.1) is 0 Å². The van der Waals surface area contributed by atoms with Crippen molar-refractivity contribution in [1.29, 1.82) is 0 Å². The first-order valence-electron chi connectivity index (χ1n) is 4.94. The molecule has 6 heteroatoms. The molecular weight excluding hydrogens is 230 g/mol. The van der Waals surface area contributed by atoms with Gasteiger partial charge in [-0.2, -0.15) is 0 Å². The molecule has 0 aliphatic rings. The molecule has 0 radical (unpaired) electrons. The Bertz CT molecular complexity index is 371. The molecule has 0 saturated heterocycles. The molecular formula is C10H14ClN3O2. The summed E-state index contributed by atoms with van der Waals surface area (Å²) in [5.41, 5.74) is 6.13. The SMILES string of the molecule is CCOC(=O)CCNc1ncc(Cl)cc1N. The van der Waals surface area contributed by atoms with Gasteiger partial charge in [-0.25, -0.2) is 4.98 Å². The standard InChI is InChI=1S/C10H14ClN3O2/c1-2-16-9(15)3-4-13-10-8(12)5-7(11)6-14-10/h5-6H,2-4,12H2,1H3,(H,13,14). The van der Waals surface area contributed by atoms with Crippen molar-refractivity contribution in [3.05, 3.63) is 17.3 Å². The summed E-state index contributed by atoms with van der Waals surface area (Å²) in [7, 11) is 0. The Kier molecular flexibility index (Phi) is 4.85. The van der Waals surface area contributed by atoms with E-state index in [-0.39, 0.29) is 12.4 Å². The zero-order chi connectivity index (χ0) is 12.0. The minimum absolute atomic E-state index is 0.248. The van der Waals surface area contributed by atoms with Crippen LogP contribution in [0.1, 0.15) is 13.3 Å². The summed E-state index contributed by atoms with van der Waals surface area (Å²) in [5.74, 6) is 0.274. The third-order valence-corrected chi connectivity index (χ3v) is 2.02. The lowest BCUT2D eigenvalue weighted by Gasteiger charge is -2.07. The number of ether oxygens (including phenoxy) is 1. The number of halogens is 1. The average molecular weight is 244 g/mol. The Morgan fingerprint density at radius 2 is 2.44 bits per heavy atom. The predicted octanol–water partition coefficient (Wildman–Crippen LogP) is 1.68. The topological polar surface area (TPSA) is 77.2 Å². The Morgan fingerprint density at radius 3 is 3.06 bits per heavy atom. The molecule has 0 bridgehead atoms. The van der Waals surface area contributed by atoms with Crippen molar-refractivity contribution in [2.45, 2.75) is 13.3 Å². The van der Waals surface area contributed by atoms with Crippen molar-refractivity contribution in [3.63, 3.8) is 0 Å². The molecule has 0 aromatic carbocycles. The van der Waals surface area contributed by atoms with Crippen molar-refractivity contribution in [2.75, 3.05) is 24.2 Å². The number of carbonyl (C=O) groups is 1.